The third-order valence-corrected chi connectivity index (χ3v) is 6.92. The minimum atomic E-state index is -0.990. The fourth-order valence-corrected chi connectivity index (χ4v) is 4.49. The minimum absolute atomic E-state index is 0.0268. The predicted octanol–water partition coefficient (Wildman–Crippen LogP) is 5.48. The van der Waals surface area contributed by atoms with E-state index in [4.69, 9.17) is 21.1 Å². The molecule has 0 saturated carbocycles. The van der Waals surface area contributed by atoms with E-state index in [-0.39, 0.29) is 22.9 Å². The van der Waals surface area contributed by atoms with Gasteiger partial charge in [-0.1, -0.05) is 17.7 Å². The van der Waals surface area contributed by atoms with Crippen LogP contribution in [0.2, 0.25) is 5.02 Å². The molecule has 40 heavy (non-hydrogen) atoms. The van der Waals surface area contributed by atoms with Gasteiger partial charge in [-0.25, -0.2) is 18.6 Å². The van der Waals surface area contributed by atoms with E-state index in [1.54, 1.807) is 18.2 Å². The summed E-state index contributed by atoms with van der Waals surface area (Å²) >= 11 is 5.77. The highest BCUT2D eigenvalue weighted by atomic mass is 35.5. The third kappa shape index (κ3) is 6.30. The molecule has 0 amide bonds. The molecule has 0 radical (unpaired) electrons. The maximum absolute atomic E-state index is 14.7. The van der Waals surface area contributed by atoms with Gasteiger partial charge in [0.25, 0.3) is 0 Å². The molecule has 1 saturated heterocycles. The summed E-state index contributed by atoms with van der Waals surface area (Å²) in [7, 11) is 1.85. The number of halogens is 3. The van der Waals surface area contributed by atoms with E-state index in [9.17, 15) is 18.7 Å². The van der Waals surface area contributed by atoms with Gasteiger partial charge < -0.3 is 19.1 Å². The van der Waals surface area contributed by atoms with Crippen molar-refractivity contribution in [2.24, 2.45) is 7.05 Å². The van der Waals surface area contributed by atoms with Crippen molar-refractivity contribution in [2.75, 3.05) is 26.3 Å². The summed E-state index contributed by atoms with van der Waals surface area (Å²) in [6.07, 6.45) is 4.37. The van der Waals surface area contributed by atoms with Gasteiger partial charge in [0.15, 0.2) is 11.6 Å². The molecule has 1 N–H and O–H groups in total. The molecule has 4 heterocycles. The quantitative estimate of drug-likeness (QED) is 0.316. The van der Waals surface area contributed by atoms with E-state index >= 15 is 0 Å². The topological polar surface area (TPSA) is 89.7 Å². The fourth-order valence-electron chi connectivity index (χ4n) is 4.33. The van der Waals surface area contributed by atoms with Crippen LogP contribution in [0, 0.1) is 11.6 Å². The van der Waals surface area contributed by atoms with Gasteiger partial charge >= 0.3 is 5.97 Å². The third-order valence-electron chi connectivity index (χ3n) is 6.68. The van der Waals surface area contributed by atoms with Crippen molar-refractivity contribution in [3.63, 3.8) is 0 Å². The van der Waals surface area contributed by atoms with Crippen LogP contribution in [0.25, 0.3) is 16.6 Å². The molecule has 2 aromatic carbocycles. The van der Waals surface area contributed by atoms with E-state index in [0.717, 1.165) is 42.4 Å². The average Bonchev–Trinajstić information content (AvgIpc) is 3.47. The van der Waals surface area contributed by atoms with Gasteiger partial charge in [0, 0.05) is 43.9 Å². The fraction of sp³-hybridized carbons (Fsp3) is 0.276. The summed E-state index contributed by atoms with van der Waals surface area (Å²) in [4.78, 5) is 22.1. The number of ether oxygens (including phenoxy) is 2. The highest BCUT2D eigenvalue weighted by Gasteiger charge is 2.21. The number of hydrogen-bond acceptors (Lipinski definition) is 6. The molecule has 6 rings (SSSR count). The van der Waals surface area contributed by atoms with Crippen molar-refractivity contribution >= 4 is 34.2 Å². The van der Waals surface area contributed by atoms with Gasteiger partial charge in [-0.05, 0) is 54.5 Å². The molecule has 2 aliphatic rings. The number of rotatable bonds is 7. The van der Waals surface area contributed by atoms with E-state index in [0.29, 0.717) is 36.4 Å². The smallest absolute Gasteiger partial charge is 0.335 e. The lowest BCUT2D eigenvalue weighted by Crippen LogP contribution is -2.22. The molecular weight excluding hydrogens is 542 g/mol. The van der Waals surface area contributed by atoms with Crippen molar-refractivity contribution in [2.45, 2.75) is 19.6 Å². The zero-order valence-electron chi connectivity index (χ0n) is 21.7. The molecule has 0 spiro atoms. The number of nitrogens with zero attached hydrogens (tertiary/aromatic N) is 4. The van der Waals surface area contributed by atoms with E-state index < -0.39 is 17.6 Å². The summed E-state index contributed by atoms with van der Waals surface area (Å²) in [6.45, 7) is 3.58. The Morgan fingerprint density at radius 2 is 1.93 bits per heavy atom. The highest BCUT2D eigenvalue weighted by molar-refractivity contribution is 6.30. The van der Waals surface area contributed by atoms with Crippen molar-refractivity contribution in [3.05, 3.63) is 94.0 Å². The van der Waals surface area contributed by atoms with E-state index in [1.165, 1.54) is 24.6 Å². The van der Waals surface area contributed by atoms with Crippen molar-refractivity contribution in [1.29, 1.82) is 0 Å². The van der Waals surface area contributed by atoms with Crippen LogP contribution >= 0.6 is 11.6 Å². The highest BCUT2D eigenvalue weighted by Crippen LogP contribution is 2.27. The SMILES string of the molecule is C1COC1.Cn1c(CN2CC=C(c3cc(COc4ccc(Cl)cc4F)ncc3F)C2)nc2ccc(C(=O)O)cc21. The standard InChI is InChI=1S/C26H21ClF2N4O3.C3H6O/c1-32-23-8-15(26(34)35)2-4-22(23)31-25(32)13-33-7-6-16(12-33)19-10-18(30-11-21(19)29)14-36-24-5-3-17(27)9-20(24)28;1-2-4-3-1/h2-6,8-11H,7,12-14H2,1H3,(H,34,35);1-3H2. The lowest BCUT2D eigenvalue weighted by Gasteiger charge is -2.16. The van der Waals surface area contributed by atoms with Crippen LogP contribution in [0.1, 0.15) is 33.9 Å². The van der Waals surface area contributed by atoms with Crippen molar-refractivity contribution in [1.82, 2.24) is 19.4 Å². The molecule has 2 aliphatic heterocycles. The lowest BCUT2D eigenvalue weighted by molar-refractivity contribution is 0.0367. The Kier molecular flexibility index (Phi) is 8.39. The molecule has 11 heteroatoms. The second kappa shape index (κ2) is 12.1. The molecule has 2 aromatic heterocycles. The molecule has 0 aliphatic carbocycles. The number of aromatic nitrogens is 3. The zero-order valence-corrected chi connectivity index (χ0v) is 22.5. The molecule has 0 atom stereocenters. The molecule has 1 fully saturated rings. The predicted molar refractivity (Wildman–Crippen MR) is 146 cm³/mol. The first kappa shape index (κ1) is 27.7. The second-order valence-corrected chi connectivity index (χ2v) is 9.92. The van der Waals surface area contributed by atoms with Crippen LogP contribution in [-0.2, 0) is 24.9 Å². The number of carboxylic acids is 1. The number of pyridine rings is 1. The number of carboxylic acid groups (broad SMARTS) is 1. The first-order chi connectivity index (χ1) is 19.3. The van der Waals surface area contributed by atoms with E-state index in [1.807, 2.05) is 17.7 Å². The largest absolute Gasteiger partial charge is 0.484 e. The monoisotopic (exact) mass is 568 g/mol. The lowest BCUT2D eigenvalue weighted by atomic mass is 10.1. The van der Waals surface area contributed by atoms with E-state index in [2.05, 4.69) is 14.9 Å². The molecule has 0 bridgehead atoms. The van der Waals surface area contributed by atoms with Crippen molar-refractivity contribution < 1.29 is 28.2 Å². The number of hydrogen-bond donors (Lipinski definition) is 1. The summed E-state index contributed by atoms with van der Waals surface area (Å²) in [6, 6.07) is 10.6. The Hall–Kier alpha value is -3.86. The van der Waals surface area contributed by atoms with Gasteiger partial charge in [-0.2, -0.15) is 0 Å². The Morgan fingerprint density at radius 3 is 2.62 bits per heavy atom. The van der Waals surface area contributed by atoms with Crippen LogP contribution in [0.15, 0.2) is 54.7 Å². The Bertz CT molecular complexity index is 1580. The normalized spacial score (nSPS) is 14.8. The van der Waals surface area contributed by atoms with Gasteiger partial charge in [-0.15, -0.1) is 0 Å². The molecule has 0 unspecified atom stereocenters. The number of benzene rings is 2. The summed E-state index contributed by atoms with van der Waals surface area (Å²) < 4.78 is 40.7. The summed E-state index contributed by atoms with van der Waals surface area (Å²) in [5.74, 6) is -1.21. The average molecular weight is 569 g/mol. The first-order valence-corrected chi connectivity index (χ1v) is 13.1. The van der Waals surface area contributed by atoms with Gasteiger partial charge in [-0.3, -0.25) is 9.88 Å². The summed E-state index contributed by atoms with van der Waals surface area (Å²) in [5.41, 5.74) is 3.34. The van der Waals surface area contributed by atoms with Gasteiger partial charge in [0.05, 0.1) is 35.0 Å². The van der Waals surface area contributed by atoms with Crippen LogP contribution in [-0.4, -0.2) is 56.8 Å². The molecule has 8 nitrogen and oxygen atoms in total. The van der Waals surface area contributed by atoms with Gasteiger partial charge in [0.2, 0.25) is 0 Å². The number of aromatic carboxylic acids is 1. The van der Waals surface area contributed by atoms with Crippen LogP contribution in [0.5, 0.6) is 5.75 Å². The Labute approximate surface area is 234 Å². The number of fused-ring (bicyclic) bond motifs is 1. The van der Waals surface area contributed by atoms with Crippen LogP contribution in [0.3, 0.4) is 0 Å². The maximum atomic E-state index is 14.7. The summed E-state index contributed by atoms with van der Waals surface area (Å²) in [5, 5.41) is 9.52. The Morgan fingerprint density at radius 1 is 1.15 bits per heavy atom. The van der Waals surface area contributed by atoms with Crippen LogP contribution < -0.4 is 4.74 Å². The number of aryl methyl sites for hydroxylation is 1. The Balaban J connectivity index is 0.000000741. The van der Waals surface area contributed by atoms with Crippen molar-refractivity contribution in [3.8, 4) is 5.75 Å². The first-order valence-electron chi connectivity index (χ1n) is 12.7. The molecule has 208 valence electrons. The van der Waals surface area contributed by atoms with Crippen LogP contribution in [0.4, 0.5) is 8.78 Å². The second-order valence-electron chi connectivity index (χ2n) is 9.48. The number of imidazole rings is 1. The maximum Gasteiger partial charge on any atom is 0.335 e. The minimum Gasteiger partial charge on any atom is -0.484 e. The zero-order chi connectivity index (χ0) is 28.2. The number of carbonyl (C=O) groups is 1. The van der Waals surface area contributed by atoms with Gasteiger partial charge in [0.1, 0.15) is 18.2 Å². The molecule has 4 aromatic rings. The molecular formula is C29H27ClF2N4O4.